The van der Waals surface area contributed by atoms with E-state index >= 15 is 0 Å². The van der Waals surface area contributed by atoms with Crippen LogP contribution in [-0.2, 0) is 4.79 Å². The summed E-state index contributed by atoms with van der Waals surface area (Å²) in [6.45, 7) is 4.13. The Morgan fingerprint density at radius 2 is 1.72 bits per heavy atom. The van der Waals surface area contributed by atoms with Gasteiger partial charge >= 0.3 is 0 Å². The maximum atomic E-state index is 12.2. The van der Waals surface area contributed by atoms with E-state index < -0.39 is 0 Å². The zero-order chi connectivity index (χ0) is 17.6. The van der Waals surface area contributed by atoms with E-state index in [4.69, 9.17) is 0 Å². The summed E-state index contributed by atoms with van der Waals surface area (Å²) >= 11 is 0. The van der Waals surface area contributed by atoms with Crippen molar-refractivity contribution in [2.75, 3.05) is 23.3 Å². The normalized spacial score (nSPS) is 13.7. The van der Waals surface area contributed by atoms with Gasteiger partial charge in [0.25, 0.3) is 0 Å². The molecule has 0 atom stereocenters. The highest BCUT2D eigenvalue weighted by atomic mass is 16.2. The van der Waals surface area contributed by atoms with Gasteiger partial charge in [0.1, 0.15) is 0 Å². The maximum Gasteiger partial charge on any atom is 0.224 e. The molecule has 0 bridgehead atoms. The Hall–Kier alpha value is -2.62. The molecule has 1 aliphatic rings. The number of carbonyl (C=O) groups is 2. The number of rotatable bonds is 6. The van der Waals surface area contributed by atoms with Gasteiger partial charge in [-0.1, -0.05) is 35.9 Å². The highest BCUT2D eigenvalue weighted by Crippen LogP contribution is 2.23. The van der Waals surface area contributed by atoms with E-state index in [0.29, 0.717) is 5.56 Å². The lowest BCUT2D eigenvalue weighted by Crippen LogP contribution is -2.18. The minimum atomic E-state index is -0.126. The van der Waals surface area contributed by atoms with Crippen molar-refractivity contribution in [2.24, 2.45) is 0 Å². The summed E-state index contributed by atoms with van der Waals surface area (Å²) < 4.78 is 0. The highest BCUT2D eigenvalue weighted by Gasteiger charge is 2.13. The Labute approximate surface area is 148 Å². The molecule has 1 N–H and O–H groups in total. The molecule has 1 saturated heterocycles. The molecule has 4 heteroatoms. The van der Waals surface area contributed by atoms with Crippen molar-refractivity contribution < 1.29 is 9.59 Å². The fraction of sp³-hybridized carbons (Fsp3) is 0.333. The molecule has 25 heavy (non-hydrogen) atoms. The molecule has 4 nitrogen and oxygen atoms in total. The predicted molar refractivity (Wildman–Crippen MR) is 101 cm³/mol. The summed E-state index contributed by atoms with van der Waals surface area (Å²) in [4.78, 5) is 26.6. The van der Waals surface area contributed by atoms with Crippen LogP contribution < -0.4 is 10.2 Å². The first kappa shape index (κ1) is 17.2. The number of benzene rings is 2. The van der Waals surface area contributed by atoms with Gasteiger partial charge in [0.15, 0.2) is 5.78 Å². The Balaban J connectivity index is 1.53. The Bertz CT molecular complexity index is 747. The lowest BCUT2D eigenvalue weighted by atomic mass is 10.0. The van der Waals surface area contributed by atoms with Gasteiger partial charge in [-0.05, 0) is 38.0 Å². The SMILES string of the molecule is Cc1ccc(C(=O)CCC(=O)Nc2cccc(N3CCCC3)c2)cc1. The monoisotopic (exact) mass is 336 g/mol. The van der Waals surface area contributed by atoms with Crippen molar-refractivity contribution in [3.8, 4) is 0 Å². The van der Waals surface area contributed by atoms with E-state index in [1.807, 2.05) is 49.4 Å². The number of anilines is 2. The molecular formula is C21H24N2O2. The van der Waals surface area contributed by atoms with Gasteiger partial charge in [0.2, 0.25) is 5.91 Å². The average Bonchev–Trinajstić information content (AvgIpc) is 3.15. The lowest BCUT2D eigenvalue weighted by molar-refractivity contribution is -0.116. The van der Waals surface area contributed by atoms with E-state index in [-0.39, 0.29) is 24.5 Å². The number of nitrogens with zero attached hydrogens (tertiary/aromatic N) is 1. The molecule has 1 aliphatic heterocycles. The van der Waals surface area contributed by atoms with Gasteiger partial charge in [0.05, 0.1) is 0 Å². The molecule has 0 radical (unpaired) electrons. The quantitative estimate of drug-likeness (QED) is 0.805. The number of carbonyl (C=O) groups excluding carboxylic acids is 2. The summed E-state index contributed by atoms with van der Waals surface area (Å²) in [7, 11) is 0. The van der Waals surface area contributed by atoms with Gasteiger partial charge in [-0.15, -0.1) is 0 Å². The molecule has 0 unspecified atom stereocenters. The van der Waals surface area contributed by atoms with E-state index in [0.717, 1.165) is 30.0 Å². The third kappa shape index (κ3) is 4.69. The minimum Gasteiger partial charge on any atom is -0.371 e. The first-order valence-electron chi connectivity index (χ1n) is 8.86. The molecule has 3 rings (SSSR count). The minimum absolute atomic E-state index is 0.000896. The van der Waals surface area contributed by atoms with Crippen molar-refractivity contribution in [1.29, 1.82) is 0 Å². The van der Waals surface area contributed by atoms with Gasteiger partial charge in [-0.2, -0.15) is 0 Å². The second-order valence-electron chi connectivity index (χ2n) is 6.58. The van der Waals surface area contributed by atoms with Crippen molar-refractivity contribution in [3.05, 3.63) is 59.7 Å². The van der Waals surface area contributed by atoms with Crippen LogP contribution in [0.4, 0.5) is 11.4 Å². The molecule has 1 heterocycles. The first-order chi connectivity index (χ1) is 12.1. The number of hydrogen-bond acceptors (Lipinski definition) is 3. The van der Waals surface area contributed by atoms with E-state index in [1.54, 1.807) is 0 Å². The van der Waals surface area contributed by atoms with Gasteiger partial charge < -0.3 is 10.2 Å². The smallest absolute Gasteiger partial charge is 0.224 e. The summed E-state index contributed by atoms with van der Waals surface area (Å²) in [6, 6.07) is 15.4. The zero-order valence-electron chi connectivity index (χ0n) is 14.6. The van der Waals surface area contributed by atoms with E-state index in [1.165, 1.54) is 12.8 Å². The number of ketones is 1. The summed E-state index contributed by atoms with van der Waals surface area (Å²) in [5.74, 6) is -0.125. The zero-order valence-corrected chi connectivity index (χ0v) is 14.6. The maximum absolute atomic E-state index is 12.2. The van der Waals surface area contributed by atoms with Crippen molar-refractivity contribution in [3.63, 3.8) is 0 Å². The second kappa shape index (κ2) is 7.97. The molecular weight excluding hydrogens is 312 g/mol. The number of hydrogen-bond donors (Lipinski definition) is 1. The highest BCUT2D eigenvalue weighted by molar-refractivity contribution is 6.00. The molecule has 0 spiro atoms. The van der Waals surface area contributed by atoms with Gasteiger partial charge in [0, 0.05) is 42.9 Å². The van der Waals surface area contributed by atoms with Crippen LogP contribution in [0.3, 0.4) is 0 Å². The fourth-order valence-corrected chi connectivity index (χ4v) is 3.09. The number of nitrogens with one attached hydrogen (secondary N) is 1. The van der Waals surface area contributed by atoms with Gasteiger partial charge in [-0.3, -0.25) is 9.59 Å². The van der Waals surface area contributed by atoms with E-state index in [9.17, 15) is 9.59 Å². The molecule has 2 aromatic carbocycles. The van der Waals surface area contributed by atoms with Crippen LogP contribution >= 0.6 is 0 Å². The summed E-state index contributed by atoms with van der Waals surface area (Å²) in [5.41, 5.74) is 3.71. The second-order valence-corrected chi connectivity index (χ2v) is 6.58. The topological polar surface area (TPSA) is 49.4 Å². The molecule has 2 aromatic rings. The molecule has 0 saturated carbocycles. The molecule has 0 aromatic heterocycles. The number of aryl methyl sites for hydroxylation is 1. The Morgan fingerprint density at radius 1 is 1.00 bits per heavy atom. The molecule has 1 amide bonds. The summed E-state index contributed by atoms with van der Waals surface area (Å²) in [5, 5.41) is 2.90. The van der Waals surface area contributed by atoms with Crippen molar-refractivity contribution in [2.45, 2.75) is 32.6 Å². The van der Waals surface area contributed by atoms with Crippen LogP contribution in [-0.4, -0.2) is 24.8 Å². The van der Waals surface area contributed by atoms with Crippen molar-refractivity contribution >= 4 is 23.1 Å². The third-order valence-corrected chi connectivity index (χ3v) is 4.55. The largest absolute Gasteiger partial charge is 0.371 e. The van der Waals surface area contributed by atoms with Gasteiger partial charge in [-0.25, -0.2) is 0 Å². The average molecular weight is 336 g/mol. The number of amides is 1. The predicted octanol–water partition coefficient (Wildman–Crippen LogP) is 4.20. The Kier molecular flexibility index (Phi) is 5.49. The lowest BCUT2D eigenvalue weighted by Gasteiger charge is -2.18. The van der Waals surface area contributed by atoms with Crippen LogP contribution in [0, 0.1) is 6.92 Å². The first-order valence-corrected chi connectivity index (χ1v) is 8.86. The third-order valence-electron chi connectivity index (χ3n) is 4.55. The van der Waals surface area contributed by atoms with E-state index in [2.05, 4.69) is 16.3 Å². The van der Waals surface area contributed by atoms with Crippen LogP contribution in [0.5, 0.6) is 0 Å². The molecule has 1 fully saturated rings. The standard InChI is InChI=1S/C21H24N2O2/c1-16-7-9-17(10-8-16)20(24)11-12-21(25)22-18-5-4-6-19(15-18)23-13-2-3-14-23/h4-10,15H,2-3,11-14H2,1H3,(H,22,25). The fourth-order valence-electron chi connectivity index (χ4n) is 3.09. The van der Waals surface area contributed by atoms with Crippen LogP contribution in [0.15, 0.2) is 48.5 Å². The number of Topliss-reactive ketones (excluding diaryl/α,β-unsaturated/α-hetero) is 1. The molecule has 130 valence electrons. The summed E-state index contributed by atoms with van der Waals surface area (Å²) in [6.07, 6.45) is 2.86. The van der Waals surface area contributed by atoms with Crippen LogP contribution in [0.25, 0.3) is 0 Å². The molecule has 0 aliphatic carbocycles. The van der Waals surface area contributed by atoms with Crippen LogP contribution in [0.2, 0.25) is 0 Å². The van der Waals surface area contributed by atoms with Crippen molar-refractivity contribution in [1.82, 2.24) is 0 Å². The van der Waals surface area contributed by atoms with Crippen LogP contribution in [0.1, 0.15) is 41.6 Å². The Morgan fingerprint density at radius 3 is 2.44 bits per heavy atom.